The maximum absolute atomic E-state index is 12.6. The number of carbonyl (C=O) groups is 1. The standard InChI is InChI=1S/C17H23NO2/c1-13(2)6-7-14-12-15(20-3)8-9-16(14)17(19)18-10-4-5-11-18/h6,8-9,12H,4-5,7,10-11H2,1-3H3. The molecular weight excluding hydrogens is 250 g/mol. The SMILES string of the molecule is COc1ccc(C(=O)N2CCCC2)c(CC=C(C)C)c1. The van der Waals surface area contributed by atoms with Gasteiger partial charge in [-0.15, -0.1) is 0 Å². The Bertz CT molecular complexity index is 510. The molecule has 0 atom stereocenters. The third-order valence-corrected chi connectivity index (χ3v) is 3.67. The van der Waals surface area contributed by atoms with E-state index in [1.54, 1.807) is 7.11 Å². The van der Waals surface area contributed by atoms with Gasteiger partial charge in [0.2, 0.25) is 0 Å². The second kappa shape index (κ2) is 6.60. The monoisotopic (exact) mass is 273 g/mol. The lowest BCUT2D eigenvalue weighted by Gasteiger charge is -2.18. The highest BCUT2D eigenvalue weighted by molar-refractivity contribution is 5.96. The summed E-state index contributed by atoms with van der Waals surface area (Å²) in [5.74, 6) is 0.961. The summed E-state index contributed by atoms with van der Waals surface area (Å²) < 4.78 is 5.28. The van der Waals surface area contributed by atoms with Gasteiger partial charge in [0.1, 0.15) is 5.75 Å². The predicted octanol–water partition coefficient (Wildman–Crippen LogP) is 3.44. The van der Waals surface area contributed by atoms with E-state index in [9.17, 15) is 4.79 Å². The molecule has 1 aromatic carbocycles. The van der Waals surface area contributed by atoms with Crippen LogP contribution in [-0.4, -0.2) is 31.0 Å². The number of allylic oxidation sites excluding steroid dienone is 2. The average molecular weight is 273 g/mol. The van der Waals surface area contributed by atoms with Crippen molar-refractivity contribution in [1.29, 1.82) is 0 Å². The summed E-state index contributed by atoms with van der Waals surface area (Å²) in [5.41, 5.74) is 3.11. The maximum atomic E-state index is 12.6. The summed E-state index contributed by atoms with van der Waals surface area (Å²) in [4.78, 5) is 14.5. The lowest BCUT2D eigenvalue weighted by Crippen LogP contribution is -2.28. The van der Waals surface area contributed by atoms with Crippen LogP contribution in [0.4, 0.5) is 0 Å². The highest BCUT2D eigenvalue weighted by atomic mass is 16.5. The number of benzene rings is 1. The zero-order valence-electron chi connectivity index (χ0n) is 12.6. The van der Waals surface area contributed by atoms with Crippen LogP contribution in [0.1, 0.15) is 42.6 Å². The van der Waals surface area contributed by atoms with Gasteiger partial charge >= 0.3 is 0 Å². The number of rotatable bonds is 4. The second-order valence-corrected chi connectivity index (χ2v) is 5.51. The molecule has 1 amide bonds. The molecule has 1 saturated heterocycles. The van der Waals surface area contributed by atoms with Crippen molar-refractivity contribution >= 4 is 5.91 Å². The number of carbonyl (C=O) groups excluding carboxylic acids is 1. The van der Waals surface area contributed by atoms with E-state index in [0.717, 1.165) is 49.2 Å². The van der Waals surface area contributed by atoms with E-state index in [4.69, 9.17) is 4.74 Å². The Hall–Kier alpha value is -1.77. The minimum absolute atomic E-state index is 0.155. The Kier molecular flexibility index (Phi) is 4.83. The lowest BCUT2D eigenvalue weighted by atomic mass is 10.0. The fourth-order valence-corrected chi connectivity index (χ4v) is 2.48. The smallest absolute Gasteiger partial charge is 0.254 e. The molecule has 0 radical (unpaired) electrons. The molecule has 0 aromatic heterocycles. The Balaban J connectivity index is 2.29. The van der Waals surface area contributed by atoms with Crippen LogP contribution >= 0.6 is 0 Å². The maximum Gasteiger partial charge on any atom is 0.254 e. The number of methoxy groups -OCH3 is 1. The number of amides is 1. The van der Waals surface area contributed by atoms with Gasteiger partial charge in [0, 0.05) is 18.7 Å². The van der Waals surface area contributed by atoms with Gasteiger partial charge in [-0.2, -0.15) is 0 Å². The van der Waals surface area contributed by atoms with Gasteiger partial charge in [0.15, 0.2) is 0 Å². The first-order valence-corrected chi connectivity index (χ1v) is 7.21. The molecule has 3 heteroatoms. The number of nitrogens with zero attached hydrogens (tertiary/aromatic N) is 1. The van der Waals surface area contributed by atoms with Gasteiger partial charge in [-0.3, -0.25) is 4.79 Å². The van der Waals surface area contributed by atoms with Gasteiger partial charge in [0.05, 0.1) is 7.11 Å². The van der Waals surface area contributed by atoms with Gasteiger partial charge in [-0.25, -0.2) is 0 Å². The summed E-state index contributed by atoms with van der Waals surface area (Å²) in [7, 11) is 1.65. The van der Waals surface area contributed by atoms with Crippen molar-refractivity contribution in [2.75, 3.05) is 20.2 Å². The summed E-state index contributed by atoms with van der Waals surface area (Å²) in [5, 5.41) is 0. The average Bonchev–Trinajstić information content (AvgIpc) is 2.98. The van der Waals surface area contributed by atoms with Crippen molar-refractivity contribution in [3.63, 3.8) is 0 Å². The first-order valence-electron chi connectivity index (χ1n) is 7.21. The molecule has 20 heavy (non-hydrogen) atoms. The molecule has 0 unspecified atom stereocenters. The molecule has 108 valence electrons. The zero-order valence-corrected chi connectivity index (χ0v) is 12.6. The molecule has 0 N–H and O–H groups in total. The van der Waals surface area contributed by atoms with Crippen molar-refractivity contribution in [2.24, 2.45) is 0 Å². The highest BCUT2D eigenvalue weighted by Gasteiger charge is 2.21. The van der Waals surface area contributed by atoms with Gasteiger partial charge in [0.25, 0.3) is 5.91 Å². The van der Waals surface area contributed by atoms with Crippen LogP contribution in [-0.2, 0) is 6.42 Å². The molecule has 0 bridgehead atoms. The van der Waals surface area contributed by atoms with Crippen LogP contribution in [0.15, 0.2) is 29.8 Å². The van der Waals surface area contributed by atoms with Crippen LogP contribution in [0.2, 0.25) is 0 Å². The molecule has 0 spiro atoms. The molecule has 3 nitrogen and oxygen atoms in total. The van der Waals surface area contributed by atoms with Crippen LogP contribution in [0.25, 0.3) is 0 Å². The normalized spacial score (nSPS) is 14.2. The fourth-order valence-electron chi connectivity index (χ4n) is 2.48. The summed E-state index contributed by atoms with van der Waals surface area (Å²) in [6.07, 6.45) is 5.15. The Labute approximate surface area is 121 Å². The van der Waals surface area contributed by atoms with Crippen LogP contribution in [0, 0.1) is 0 Å². The topological polar surface area (TPSA) is 29.5 Å². The van der Waals surface area contributed by atoms with Crippen LogP contribution in [0.5, 0.6) is 5.75 Å². The van der Waals surface area contributed by atoms with E-state index in [0.29, 0.717) is 0 Å². The highest BCUT2D eigenvalue weighted by Crippen LogP contribution is 2.22. The molecular formula is C17H23NO2. The number of hydrogen-bond acceptors (Lipinski definition) is 2. The Morgan fingerprint density at radius 3 is 2.60 bits per heavy atom. The summed E-state index contributed by atoms with van der Waals surface area (Å²) in [6.45, 7) is 5.91. The van der Waals surface area contributed by atoms with E-state index in [2.05, 4.69) is 19.9 Å². The van der Waals surface area contributed by atoms with Crippen molar-refractivity contribution in [3.8, 4) is 5.75 Å². The minimum Gasteiger partial charge on any atom is -0.497 e. The summed E-state index contributed by atoms with van der Waals surface area (Å²) in [6, 6.07) is 5.74. The number of ether oxygens (including phenoxy) is 1. The lowest BCUT2D eigenvalue weighted by molar-refractivity contribution is 0.0792. The molecule has 1 aromatic rings. The number of likely N-dealkylation sites (tertiary alicyclic amines) is 1. The van der Waals surface area contributed by atoms with Crippen LogP contribution in [0.3, 0.4) is 0 Å². The van der Waals surface area contributed by atoms with E-state index in [-0.39, 0.29) is 5.91 Å². The van der Waals surface area contributed by atoms with E-state index in [1.807, 2.05) is 23.1 Å². The van der Waals surface area contributed by atoms with Gasteiger partial charge in [-0.1, -0.05) is 11.6 Å². The minimum atomic E-state index is 0.155. The Morgan fingerprint density at radius 2 is 2.00 bits per heavy atom. The molecule has 1 heterocycles. The third-order valence-electron chi connectivity index (χ3n) is 3.67. The molecule has 1 aliphatic rings. The van der Waals surface area contributed by atoms with E-state index < -0.39 is 0 Å². The van der Waals surface area contributed by atoms with Crippen LogP contribution < -0.4 is 4.74 Å². The van der Waals surface area contributed by atoms with Gasteiger partial charge < -0.3 is 9.64 Å². The third kappa shape index (κ3) is 3.41. The first-order chi connectivity index (χ1) is 9.61. The molecule has 0 aliphatic carbocycles. The number of hydrogen-bond donors (Lipinski definition) is 0. The molecule has 1 aliphatic heterocycles. The zero-order chi connectivity index (χ0) is 14.5. The quantitative estimate of drug-likeness (QED) is 0.786. The van der Waals surface area contributed by atoms with Crippen molar-refractivity contribution < 1.29 is 9.53 Å². The van der Waals surface area contributed by atoms with Crippen molar-refractivity contribution in [1.82, 2.24) is 4.90 Å². The molecule has 1 fully saturated rings. The van der Waals surface area contributed by atoms with E-state index in [1.165, 1.54) is 5.57 Å². The Morgan fingerprint density at radius 1 is 1.30 bits per heavy atom. The van der Waals surface area contributed by atoms with Gasteiger partial charge in [-0.05, 0) is 56.9 Å². The van der Waals surface area contributed by atoms with Crippen molar-refractivity contribution in [3.05, 3.63) is 41.0 Å². The van der Waals surface area contributed by atoms with E-state index >= 15 is 0 Å². The fraction of sp³-hybridized carbons (Fsp3) is 0.471. The predicted molar refractivity (Wildman–Crippen MR) is 81.3 cm³/mol. The molecule has 2 rings (SSSR count). The molecule has 0 saturated carbocycles. The second-order valence-electron chi connectivity index (χ2n) is 5.51. The summed E-state index contributed by atoms with van der Waals surface area (Å²) >= 11 is 0. The first kappa shape index (κ1) is 14.6. The largest absolute Gasteiger partial charge is 0.497 e. The van der Waals surface area contributed by atoms with Crippen molar-refractivity contribution in [2.45, 2.75) is 33.1 Å².